The molecule has 0 atom stereocenters. The second-order valence-corrected chi connectivity index (χ2v) is 22.5. The van der Waals surface area contributed by atoms with Gasteiger partial charge in [0.1, 0.15) is 0 Å². The summed E-state index contributed by atoms with van der Waals surface area (Å²) in [7, 11) is -3.39. The molecule has 0 aliphatic carbocycles. The molecule has 0 bridgehead atoms. The molecule has 0 heterocycles. The zero-order chi connectivity index (χ0) is 47.1. The summed E-state index contributed by atoms with van der Waals surface area (Å²) in [5.41, 5.74) is 11.0. The lowest BCUT2D eigenvalue weighted by Gasteiger charge is -2.42. The first kappa shape index (κ1) is 51.5. The van der Waals surface area contributed by atoms with Crippen LogP contribution in [0.1, 0.15) is 97.1 Å². The van der Waals surface area contributed by atoms with E-state index < -0.39 is 15.8 Å². The maximum atomic E-state index is 13.0. The van der Waals surface area contributed by atoms with Gasteiger partial charge in [-0.2, -0.15) is 0 Å². The van der Waals surface area contributed by atoms with Crippen LogP contribution in [0.3, 0.4) is 0 Å². The van der Waals surface area contributed by atoms with E-state index in [4.69, 9.17) is 29.0 Å². The van der Waals surface area contributed by atoms with Crippen LogP contribution in [0.2, 0.25) is 33.5 Å². The Morgan fingerprint density at radius 1 is 0.656 bits per heavy atom. The van der Waals surface area contributed by atoms with Gasteiger partial charge in [-0.3, -0.25) is 14.3 Å². The predicted molar refractivity (Wildman–Crippen MR) is 272 cm³/mol. The molecule has 0 aromatic heterocycles. The number of nitrogens with one attached hydrogen (secondary N) is 2. The highest BCUT2D eigenvalue weighted by Crippen LogP contribution is 2.43. The first-order chi connectivity index (χ1) is 30.4. The van der Waals surface area contributed by atoms with Crippen LogP contribution in [-0.2, 0) is 17.6 Å². The number of carbonyl (C=O) groups excluding carboxylic acids is 2. The Bertz CT molecular complexity index is 2490. The number of carbonyl (C=O) groups is 2. The van der Waals surface area contributed by atoms with Crippen molar-refractivity contribution < 1.29 is 29.6 Å². The van der Waals surface area contributed by atoms with Crippen molar-refractivity contribution in [3.05, 3.63) is 188 Å². The summed E-state index contributed by atoms with van der Waals surface area (Å²) in [6, 6.07) is 41.5. The Morgan fingerprint density at radius 2 is 1.02 bits per heavy atom. The molecule has 0 fully saturated rings. The molecule has 3 N–H and O–H groups in total. The van der Waals surface area contributed by atoms with Crippen LogP contribution in [0, 0.1) is 13.8 Å². The van der Waals surface area contributed by atoms with Crippen LogP contribution in [-0.4, -0.2) is 33.8 Å². The molecule has 0 spiro atoms. The number of aryl methyl sites for hydroxylation is 2. The fourth-order valence-electron chi connectivity index (χ4n) is 8.06. The third-order valence-electron chi connectivity index (χ3n) is 11.2. The molecule has 6 aromatic carbocycles. The largest absolute Gasteiger partial charge is 0.412 e. The summed E-state index contributed by atoms with van der Waals surface area (Å²) in [4.78, 5) is 25.8. The number of hydrogen-bond acceptors (Lipinski definition) is 6. The summed E-state index contributed by atoms with van der Waals surface area (Å²) >= 11 is 12.9. The van der Waals surface area contributed by atoms with Crippen LogP contribution >= 0.6 is 23.2 Å². The number of rotatable bonds is 15. The average molecular weight is 932 g/mol. The Morgan fingerprint density at radius 3 is 1.39 bits per heavy atom. The Hall–Kier alpha value is -5.10. The molecular weight excluding hydrogens is 864 g/mol. The van der Waals surface area contributed by atoms with Crippen molar-refractivity contribution in [2.45, 2.75) is 92.1 Å². The van der Waals surface area contributed by atoms with Gasteiger partial charge >= 0.3 is 7.52 Å². The Balaban J connectivity index is 0.000000424. The molecule has 0 saturated carbocycles. The van der Waals surface area contributed by atoms with Gasteiger partial charge in [-0.25, -0.2) is 0 Å². The van der Waals surface area contributed by atoms with Crippen molar-refractivity contribution in [2.24, 2.45) is 0 Å². The van der Waals surface area contributed by atoms with Crippen molar-refractivity contribution in [3.63, 3.8) is 0 Å². The molecule has 0 saturated heterocycles. The molecule has 0 unspecified atom stereocenters. The molecule has 6 rings (SSSR count). The Kier molecular flexibility index (Phi) is 20.5. The third-order valence-corrected chi connectivity index (χ3v) is 17.8. The lowest BCUT2D eigenvalue weighted by molar-refractivity contribution is 0.103. The zero-order valence-electron chi connectivity index (χ0n) is 39.1. The molecular formula is C52H63BCl2F2N2O4Si. The molecule has 64 heavy (non-hydrogen) atoms. The SMILES string of the molecule is Cc1ccccc1C(=O)c1ccc(Nc2ccccc2CO)cc1Cl.Cc1ccccc1C(=O)c1ccc(Nc2ccccc2CO[Si](C(C)C)(C(C)C)C(C)C)cc1Cl.F.[3HH].[3H]B(C)F. The van der Waals surface area contributed by atoms with Crippen LogP contribution in [0.15, 0.2) is 133 Å². The molecule has 0 aliphatic rings. The van der Waals surface area contributed by atoms with Gasteiger partial charge in [-0.05, 0) is 95.7 Å². The summed E-state index contributed by atoms with van der Waals surface area (Å²) < 4.78 is 23.4. The van der Waals surface area contributed by atoms with E-state index in [9.17, 15) is 19.0 Å². The van der Waals surface area contributed by atoms with E-state index >= 15 is 0 Å². The van der Waals surface area contributed by atoms with Gasteiger partial charge < -0.3 is 24.5 Å². The van der Waals surface area contributed by atoms with Gasteiger partial charge in [-0.1, -0.05) is 156 Å². The quantitative estimate of drug-likeness (QED) is 0.0702. The van der Waals surface area contributed by atoms with E-state index in [0.29, 0.717) is 55.5 Å². The monoisotopic (exact) mass is 930 g/mol. The third kappa shape index (κ3) is 13.5. The number of para-hydroxylation sites is 2. The Labute approximate surface area is 393 Å². The molecule has 0 amide bonds. The first-order valence-electron chi connectivity index (χ1n) is 21.8. The highest BCUT2D eigenvalue weighted by atomic mass is 35.5. The maximum absolute atomic E-state index is 13.0. The number of benzene rings is 6. The predicted octanol–water partition coefficient (Wildman–Crippen LogP) is 15.2. The number of aliphatic hydroxyl groups excluding tert-OH is 1. The minimum Gasteiger partial charge on any atom is -0.412 e. The number of ketones is 2. The van der Waals surface area contributed by atoms with Gasteiger partial charge in [0.15, 0.2) is 11.6 Å². The van der Waals surface area contributed by atoms with E-state index in [1.54, 1.807) is 24.3 Å². The fourth-order valence-corrected chi connectivity index (χ4v) is 14.0. The van der Waals surface area contributed by atoms with Crippen LogP contribution in [0.4, 0.5) is 31.8 Å². The maximum Gasteiger partial charge on any atom is 0.328 e. The van der Waals surface area contributed by atoms with Gasteiger partial charge in [0.2, 0.25) is 8.32 Å². The lowest BCUT2D eigenvalue weighted by Crippen LogP contribution is -2.47. The zero-order valence-corrected chi connectivity index (χ0v) is 40.7. The molecule has 0 aliphatic heterocycles. The summed E-state index contributed by atoms with van der Waals surface area (Å²) in [5, 5.41) is 17.0. The van der Waals surface area contributed by atoms with Gasteiger partial charge in [-0.15, -0.1) is 0 Å². The summed E-state index contributed by atoms with van der Waals surface area (Å²) in [6.45, 7) is 19.3. The fraction of sp³-hybridized carbons (Fsp3) is 0.269. The van der Waals surface area contributed by atoms with Crippen molar-refractivity contribution in [3.8, 4) is 0 Å². The summed E-state index contributed by atoms with van der Waals surface area (Å²) in [6.07, 6.45) is 0. The van der Waals surface area contributed by atoms with Gasteiger partial charge in [0.05, 0.1) is 23.3 Å². The van der Waals surface area contributed by atoms with Crippen molar-refractivity contribution in [2.75, 3.05) is 10.6 Å². The topological polar surface area (TPSA) is 87.7 Å². The number of halogens is 4. The van der Waals surface area contributed by atoms with E-state index in [2.05, 4.69) is 64.3 Å². The molecule has 12 heteroatoms. The number of hydrogen-bond donors (Lipinski definition) is 3. The standard InChI is InChI=1S/C30H38ClNO2Si.C21H18ClNO2.CH4BF.FH.H2/c1-20(2)35(21(3)4,22(5)6)34-19-24-13-9-11-15-29(24)32-25-16-17-27(28(31)18-25)30(33)26-14-10-8-12-23(26)7;1-14-6-2-4-8-17(14)21(25)18-11-10-16(12-19(18)22)23-20-9-5-3-7-15(20)13-24;1-2-3;;/h8-18,20-22,32H,19H2,1-7H3;2-12,23-24H,13H2,1H3;2H,1H3;2*1H/i;;2T;;1+2. The highest BCUT2D eigenvalue weighted by molar-refractivity contribution is 6.77. The molecule has 6 aromatic rings. The minimum absolute atomic E-state index is 0. The van der Waals surface area contributed by atoms with E-state index in [0.717, 1.165) is 45.0 Å². The minimum atomic E-state index is -1.98. The first-order valence-corrected chi connectivity index (χ1v) is 24.1. The van der Waals surface area contributed by atoms with Crippen LogP contribution in [0.25, 0.3) is 0 Å². The van der Waals surface area contributed by atoms with Gasteiger partial charge in [0, 0.05) is 53.3 Å². The smallest absolute Gasteiger partial charge is 0.328 e. The molecule has 0 radical (unpaired) electrons. The normalized spacial score (nSPS) is 11.1. The van der Waals surface area contributed by atoms with E-state index in [1.807, 2.05) is 111 Å². The van der Waals surface area contributed by atoms with Gasteiger partial charge in [0.25, 0.3) is 0 Å². The summed E-state index contributed by atoms with van der Waals surface area (Å²) in [5.74, 6) is -0.156. The van der Waals surface area contributed by atoms with Crippen LogP contribution in [0.5, 0.6) is 0 Å². The highest BCUT2D eigenvalue weighted by Gasteiger charge is 2.45. The van der Waals surface area contributed by atoms with E-state index in [1.165, 1.54) is 6.82 Å². The number of anilines is 4. The number of aliphatic hydroxyl groups is 1. The molecule has 6 nitrogen and oxygen atoms in total. The van der Waals surface area contributed by atoms with Crippen molar-refractivity contribution in [1.29, 1.82) is 1.34 Å². The van der Waals surface area contributed by atoms with Crippen molar-refractivity contribution in [1.82, 2.24) is 0 Å². The van der Waals surface area contributed by atoms with Crippen molar-refractivity contribution >= 4 is 73.4 Å². The van der Waals surface area contributed by atoms with E-state index in [-0.39, 0.29) is 24.3 Å². The van der Waals surface area contributed by atoms with Crippen LogP contribution < -0.4 is 10.6 Å². The second-order valence-electron chi connectivity index (χ2n) is 16.2. The molecule has 340 valence electrons. The lowest BCUT2D eigenvalue weighted by atomic mass is 9.99. The average Bonchev–Trinajstić information content (AvgIpc) is 3.24. The second kappa shape index (κ2) is 25.4.